The summed E-state index contributed by atoms with van der Waals surface area (Å²) in [7, 11) is 0. The third-order valence-electron chi connectivity index (χ3n) is 2.64. The van der Waals surface area contributed by atoms with Gasteiger partial charge in [-0.05, 0) is 12.1 Å². The van der Waals surface area contributed by atoms with Crippen molar-refractivity contribution in [3.05, 3.63) is 41.4 Å². The van der Waals surface area contributed by atoms with E-state index in [-0.39, 0.29) is 18.0 Å². The zero-order valence-electron chi connectivity index (χ0n) is 13.3. The Labute approximate surface area is 165 Å². The monoisotopic (exact) mass is 441 g/mol. The second-order valence-electron chi connectivity index (χ2n) is 4.59. The van der Waals surface area contributed by atoms with Crippen LogP contribution in [0.3, 0.4) is 0 Å². The number of nitrogens with one attached hydrogen (secondary N) is 2. The van der Waals surface area contributed by atoms with Gasteiger partial charge in [-0.2, -0.15) is 13.2 Å². The minimum atomic E-state index is -4.54. The summed E-state index contributed by atoms with van der Waals surface area (Å²) in [5, 5.41) is 6.73. The molecule has 0 atom stereocenters. The van der Waals surface area contributed by atoms with Crippen LogP contribution in [0.5, 0.6) is 0 Å². The van der Waals surface area contributed by atoms with E-state index < -0.39 is 22.5 Å². The van der Waals surface area contributed by atoms with Gasteiger partial charge in [-0.15, -0.1) is 11.3 Å². The summed E-state index contributed by atoms with van der Waals surface area (Å²) in [5.74, 6) is -1.23. The van der Waals surface area contributed by atoms with Gasteiger partial charge in [-0.3, -0.25) is 9.59 Å². The number of halogens is 5. The molecule has 2 N–H and O–H groups in total. The first-order valence-corrected chi connectivity index (χ1v) is 8.78. The van der Waals surface area contributed by atoms with Crippen LogP contribution in [0.25, 0.3) is 0 Å². The average molecular weight is 442 g/mol. The fourth-order valence-electron chi connectivity index (χ4n) is 1.56. The van der Waals surface area contributed by atoms with E-state index in [4.69, 9.17) is 23.2 Å². The first-order valence-electron chi connectivity index (χ1n) is 7.03. The molecule has 0 fully saturated rings. The van der Waals surface area contributed by atoms with Gasteiger partial charge in [0.25, 0.3) is 5.91 Å². The van der Waals surface area contributed by atoms with Crippen LogP contribution in [0.2, 0.25) is 0 Å². The van der Waals surface area contributed by atoms with Crippen molar-refractivity contribution in [3.8, 4) is 0 Å². The van der Waals surface area contributed by atoms with Crippen molar-refractivity contribution in [2.24, 2.45) is 0 Å². The number of rotatable bonds is 5. The Bertz CT molecular complexity index is 771. The summed E-state index contributed by atoms with van der Waals surface area (Å²) in [4.78, 5) is 34.0. The minimum absolute atomic E-state index is 0.112. The average Bonchev–Trinajstić information content (AvgIpc) is 3.08. The SMILES string of the molecule is O=C(Nc1ccccc1C(F)(F)F)C(Cl)Cl.O=CCC(=O)Nc1nccs1. The maximum Gasteiger partial charge on any atom is 0.418 e. The molecule has 0 unspecified atom stereocenters. The smallest absolute Gasteiger partial charge is 0.323 e. The third-order valence-corrected chi connectivity index (χ3v) is 3.72. The Balaban J connectivity index is 0.000000289. The van der Waals surface area contributed by atoms with Crippen molar-refractivity contribution in [2.75, 3.05) is 10.6 Å². The van der Waals surface area contributed by atoms with Gasteiger partial charge >= 0.3 is 6.18 Å². The van der Waals surface area contributed by atoms with Gasteiger partial charge in [-0.25, -0.2) is 4.98 Å². The fraction of sp³-hybridized carbons (Fsp3) is 0.200. The summed E-state index contributed by atoms with van der Waals surface area (Å²) in [5.41, 5.74) is -1.32. The molecule has 0 saturated carbocycles. The van der Waals surface area contributed by atoms with Crippen LogP contribution >= 0.6 is 34.5 Å². The highest BCUT2D eigenvalue weighted by atomic mass is 35.5. The highest BCUT2D eigenvalue weighted by molar-refractivity contribution is 7.13. The Morgan fingerprint density at radius 1 is 1.22 bits per heavy atom. The largest absolute Gasteiger partial charge is 0.418 e. The van der Waals surface area contributed by atoms with Crippen molar-refractivity contribution in [1.82, 2.24) is 4.98 Å². The molecule has 0 saturated heterocycles. The quantitative estimate of drug-likeness (QED) is 0.415. The normalized spacial score (nSPS) is 10.6. The molecule has 27 heavy (non-hydrogen) atoms. The zero-order chi connectivity index (χ0) is 20.4. The van der Waals surface area contributed by atoms with E-state index in [0.29, 0.717) is 11.4 Å². The predicted octanol–water partition coefficient (Wildman–Crippen LogP) is 4.12. The lowest BCUT2D eigenvalue weighted by Gasteiger charge is -2.13. The molecule has 0 radical (unpaired) electrons. The van der Waals surface area contributed by atoms with Crippen LogP contribution in [0, 0.1) is 0 Å². The fourth-order valence-corrected chi connectivity index (χ4v) is 2.21. The summed E-state index contributed by atoms with van der Waals surface area (Å²) in [6, 6.07) is 4.56. The standard InChI is InChI=1S/C9H6Cl2F3NO.C6H6N2O2S/c10-7(11)8(16)15-6-4-2-1-3-5(6)9(12,13)14;9-3-1-5(10)8-6-7-2-4-11-6/h1-4,7H,(H,15,16);2-4H,1H2,(H,7,8,10). The molecule has 1 aromatic carbocycles. The van der Waals surface area contributed by atoms with E-state index in [9.17, 15) is 27.6 Å². The number of para-hydroxylation sites is 1. The van der Waals surface area contributed by atoms with Crippen molar-refractivity contribution in [3.63, 3.8) is 0 Å². The van der Waals surface area contributed by atoms with Gasteiger partial charge in [-0.1, -0.05) is 35.3 Å². The Kier molecular flexibility index (Phi) is 9.19. The number of thiazole rings is 1. The molecule has 146 valence electrons. The number of alkyl halides is 5. The topological polar surface area (TPSA) is 88.2 Å². The van der Waals surface area contributed by atoms with E-state index in [0.717, 1.165) is 12.1 Å². The molecule has 1 heterocycles. The van der Waals surface area contributed by atoms with E-state index in [2.05, 4.69) is 10.3 Å². The molecular formula is C15H12Cl2F3N3O3S. The summed E-state index contributed by atoms with van der Waals surface area (Å²) in [6.45, 7) is 0. The second-order valence-corrected chi connectivity index (χ2v) is 6.58. The molecule has 1 aromatic heterocycles. The maximum atomic E-state index is 12.5. The Morgan fingerprint density at radius 3 is 2.41 bits per heavy atom. The van der Waals surface area contributed by atoms with Crippen LogP contribution in [-0.2, 0) is 20.6 Å². The molecule has 0 spiro atoms. The van der Waals surface area contributed by atoms with Crippen molar-refractivity contribution < 1.29 is 27.6 Å². The molecule has 2 amide bonds. The number of carbonyl (C=O) groups is 3. The lowest BCUT2D eigenvalue weighted by atomic mass is 10.1. The number of hydrogen-bond acceptors (Lipinski definition) is 5. The van der Waals surface area contributed by atoms with Gasteiger partial charge in [0.2, 0.25) is 5.91 Å². The molecule has 0 bridgehead atoms. The number of carbonyl (C=O) groups excluding carboxylic acids is 3. The number of amides is 2. The van der Waals surface area contributed by atoms with Gasteiger partial charge in [0, 0.05) is 11.6 Å². The summed E-state index contributed by atoms with van der Waals surface area (Å²) in [6.07, 6.45) is -2.51. The lowest BCUT2D eigenvalue weighted by Crippen LogP contribution is -2.21. The third kappa shape index (κ3) is 8.37. The second kappa shape index (κ2) is 10.9. The van der Waals surface area contributed by atoms with E-state index in [1.807, 2.05) is 5.32 Å². The molecule has 0 aliphatic rings. The number of nitrogens with zero attached hydrogens (tertiary/aromatic N) is 1. The van der Waals surface area contributed by atoms with Crippen LogP contribution in [-0.4, -0.2) is 27.9 Å². The number of hydrogen-bond donors (Lipinski definition) is 2. The molecule has 6 nitrogen and oxygen atoms in total. The summed E-state index contributed by atoms with van der Waals surface area (Å²) >= 11 is 11.8. The Hall–Kier alpha value is -2.17. The van der Waals surface area contributed by atoms with Crippen molar-refractivity contribution >= 4 is 63.5 Å². The van der Waals surface area contributed by atoms with Crippen LogP contribution in [0.15, 0.2) is 35.8 Å². The Morgan fingerprint density at radius 2 is 1.89 bits per heavy atom. The van der Waals surface area contributed by atoms with Crippen molar-refractivity contribution in [1.29, 1.82) is 0 Å². The zero-order valence-corrected chi connectivity index (χ0v) is 15.6. The van der Waals surface area contributed by atoms with Crippen LogP contribution in [0.4, 0.5) is 24.0 Å². The molecule has 0 aliphatic heterocycles. The van der Waals surface area contributed by atoms with Crippen LogP contribution < -0.4 is 10.6 Å². The van der Waals surface area contributed by atoms with Gasteiger partial charge in [0.15, 0.2) is 9.97 Å². The summed E-state index contributed by atoms with van der Waals surface area (Å²) < 4.78 is 37.4. The number of aromatic nitrogens is 1. The highest BCUT2D eigenvalue weighted by Gasteiger charge is 2.33. The van der Waals surface area contributed by atoms with Gasteiger partial charge in [0.05, 0.1) is 17.7 Å². The molecule has 12 heteroatoms. The van der Waals surface area contributed by atoms with Crippen LogP contribution in [0.1, 0.15) is 12.0 Å². The van der Waals surface area contributed by atoms with E-state index >= 15 is 0 Å². The predicted molar refractivity (Wildman–Crippen MR) is 97.0 cm³/mol. The molecule has 0 aliphatic carbocycles. The molecule has 2 rings (SSSR count). The molecular weight excluding hydrogens is 430 g/mol. The minimum Gasteiger partial charge on any atom is -0.323 e. The van der Waals surface area contributed by atoms with Crippen molar-refractivity contribution in [2.45, 2.75) is 17.4 Å². The first kappa shape index (κ1) is 22.9. The van der Waals surface area contributed by atoms with E-state index in [1.165, 1.54) is 23.5 Å². The molecule has 2 aromatic rings. The number of benzene rings is 1. The lowest BCUT2D eigenvalue weighted by molar-refractivity contribution is -0.137. The highest BCUT2D eigenvalue weighted by Crippen LogP contribution is 2.34. The van der Waals surface area contributed by atoms with Gasteiger partial charge < -0.3 is 15.4 Å². The first-order chi connectivity index (χ1) is 12.6. The number of aldehydes is 1. The van der Waals surface area contributed by atoms with Gasteiger partial charge in [0.1, 0.15) is 6.29 Å². The number of anilines is 2. The maximum absolute atomic E-state index is 12.5. The van der Waals surface area contributed by atoms with E-state index in [1.54, 1.807) is 11.6 Å².